The van der Waals surface area contributed by atoms with E-state index in [-0.39, 0.29) is 18.4 Å². The molecule has 2 atom stereocenters. The molecule has 0 rings (SSSR count). The predicted molar refractivity (Wildman–Crippen MR) is 66.5 cm³/mol. The van der Waals surface area contributed by atoms with Gasteiger partial charge in [-0.1, -0.05) is 13.8 Å². The highest BCUT2D eigenvalue weighted by Gasteiger charge is 2.14. The summed E-state index contributed by atoms with van der Waals surface area (Å²) in [5, 5.41) is 11.4. The number of hydrogen-bond acceptors (Lipinski definition) is 3. The van der Waals surface area contributed by atoms with Crippen LogP contribution < -0.4 is 11.1 Å². The second-order valence-corrected chi connectivity index (χ2v) is 4.49. The molecule has 0 bridgehead atoms. The molecular formula is C12H24N2O3. The third kappa shape index (κ3) is 8.68. The van der Waals surface area contributed by atoms with Gasteiger partial charge < -0.3 is 16.2 Å². The fraction of sp³-hybridized carbons (Fsp3) is 0.833. The highest BCUT2D eigenvalue weighted by Crippen LogP contribution is 2.09. The van der Waals surface area contributed by atoms with E-state index in [4.69, 9.17) is 10.8 Å². The summed E-state index contributed by atoms with van der Waals surface area (Å²) < 4.78 is 0. The molecule has 4 N–H and O–H groups in total. The van der Waals surface area contributed by atoms with Crippen LogP contribution in [-0.2, 0) is 9.59 Å². The van der Waals surface area contributed by atoms with Crippen molar-refractivity contribution in [2.45, 2.75) is 52.0 Å². The monoisotopic (exact) mass is 244 g/mol. The van der Waals surface area contributed by atoms with Crippen LogP contribution in [0.15, 0.2) is 0 Å². The number of rotatable bonds is 9. The minimum atomic E-state index is -0.881. The van der Waals surface area contributed by atoms with Crippen LogP contribution in [0.1, 0.15) is 46.0 Å². The highest BCUT2D eigenvalue weighted by atomic mass is 16.4. The normalized spacial score (nSPS) is 14.1. The summed E-state index contributed by atoms with van der Waals surface area (Å²) in [6.45, 7) is 4.57. The summed E-state index contributed by atoms with van der Waals surface area (Å²) in [6, 6.07) is -0.259. The van der Waals surface area contributed by atoms with Crippen LogP contribution in [0.25, 0.3) is 0 Å². The van der Waals surface area contributed by atoms with Crippen molar-refractivity contribution in [3.8, 4) is 0 Å². The summed E-state index contributed by atoms with van der Waals surface area (Å²) in [5.74, 6) is -0.513. The fourth-order valence-electron chi connectivity index (χ4n) is 1.61. The molecule has 100 valence electrons. The Morgan fingerprint density at radius 3 is 2.47 bits per heavy atom. The number of aliphatic carboxylic acids is 1. The molecule has 0 fully saturated rings. The van der Waals surface area contributed by atoms with E-state index >= 15 is 0 Å². The molecule has 0 aliphatic rings. The van der Waals surface area contributed by atoms with E-state index in [1.807, 2.05) is 6.92 Å². The number of nitrogens with one attached hydrogen (secondary N) is 1. The van der Waals surface area contributed by atoms with Gasteiger partial charge in [0.05, 0.1) is 6.42 Å². The van der Waals surface area contributed by atoms with Gasteiger partial charge in [-0.25, -0.2) is 0 Å². The third-order valence-corrected chi connectivity index (χ3v) is 2.80. The number of carboxylic acid groups (broad SMARTS) is 1. The molecule has 0 aromatic rings. The zero-order valence-corrected chi connectivity index (χ0v) is 10.7. The summed E-state index contributed by atoms with van der Waals surface area (Å²) in [7, 11) is 0. The Kier molecular flexibility index (Phi) is 8.40. The predicted octanol–water partition coefficient (Wildman–Crippen LogP) is 1.12. The first-order chi connectivity index (χ1) is 7.99. The van der Waals surface area contributed by atoms with Gasteiger partial charge in [0.15, 0.2) is 0 Å². The van der Waals surface area contributed by atoms with Gasteiger partial charge in [0.1, 0.15) is 0 Å². The molecule has 0 aromatic heterocycles. The maximum Gasteiger partial charge on any atom is 0.305 e. The first-order valence-corrected chi connectivity index (χ1v) is 6.20. The first kappa shape index (κ1) is 15.9. The first-order valence-electron chi connectivity index (χ1n) is 6.20. The molecule has 17 heavy (non-hydrogen) atoms. The SMILES string of the molecule is CCC(CC(=O)O)NC(=O)CCC(C)CCN. The van der Waals surface area contributed by atoms with Crippen molar-refractivity contribution in [3.63, 3.8) is 0 Å². The van der Waals surface area contributed by atoms with Crippen molar-refractivity contribution >= 4 is 11.9 Å². The Bertz CT molecular complexity index is 244. The van der Waals surface area contributed by atoms with Crippen molar-refractivity contribution in [3.05, 3.63) is 0 Å². The Labute approximate surface area is 103 Å². The Morgan fingerprint density at radius 2 is 2.00 bits per heavy atom. The largest absolute Gasteiger partial charge is 0.481 e. The standard InChI is InChI=1S/C12H24N2O3/c1-3-10(8-12(16)17)14-11(15)5-4-9(2)6-7-13/h9-10H,3-8,13H2,1-2H3,(H,14,15)(H,16,17). The Hall–Kier alpha value is -1.10. The minimum Gasteiger partial charge on any atom is -0.481 e. The van der Waals surface area contributed by atoms with Gasteiger partial charge in [0, 0.05) is 12.5 Å². The van der Waals surface area contributed by atoms with Gasteiger partial charge in [0.2, 0.25) is 5.91 Å². The molecular weight excluding hydrogens is 220 g/mol. The minimum absolute atomic E-state index is 0.0133. The van der Waals surface area contributed by atoms with Gasteiger partial charge in [-0.15, -0.1) is 0 Å². The van der Waals surface area contributed by atoms with Crippen molar-refractivity contribution in [2.24, 2.45) is 11.7 Å². The zero-order valence-electron chi connectivity index (χ0n) is 10.7. The van der Waals surface area contributed by atoms with Crippen LogP contribution in [0.2, 0.25) is 0 Å². The van der Waals surface area contributed by atoms with E-state index in [1.165, 1.54) is 0 Å². The molecule has 0 aliphatic carbocycles. The van der Waals surface area contributed by atoms with E-state index in [1.54, 1.807) is 0 Å². The molecule has 0 heterocycles. The van der Waals surface area contributed by atoms with E-state index < -0.39 is 5.97 Å². The molecule has 2 unspecified atom stereocenters. The lowest BCUT2D eigenvalue weighted by molar-refractivity contribution is -0.137. The Morgan fingerprint density at radius 1 is 1.35 bits per heavy atom. The van der Waals surface area contributed by atoms with E-state index in [0.29, 0.717) is 25.3 Å². The van der Waals surface area contributed by atoms with Gasteiger partial charge in [-0.2, -0.15) is 0 Å². The van der Waals surface area contributed by atoms with Crippen LogP contribution in [0.3, 0.4) is 0 Å². The number of carbonyl (C=O) groups excluding carboxylic acids is 1. The molecule has 0 saturated carbocycles. The Balaban J connectivity index is 3.86. The number of carboxylic acids is 1. The highest BCUT2D eigenvalue weighted by molar-refractivity contribution is 5.77. The third-order valence-electron chi connectivity index (χ3n) is 2.80. The van der Waals surface area contributed by atoms with Crippen molar-refractivity contribution in [1.82, 2.24) is 5.32 Å². The van der Waals surface area contributed by atoms with Gasteiger partial charge >= 0.3 is 5.97 Å². The lowest BCUT2D eigenvalue weighted by Gasteiger charge is -2.15. The summed E-state index contributed by atoms with van der Waals surface area (Å²) in [6.07, 6.45) is 2.78. The quantitative estimate of drug-likeness (QED) is 0.566. The number of hydrogen-bond donors (Lipinski definition) is 3. The summed E-state index contributed by atoms with van der Waals surface area (Å²) in [4.78, 5) is 22.1. The number of carbonyl (C=O) groups is 2. The van der Waals surface area contributed by atoms with Gasteiger partial charge in [0.25, 0.3) is 0 Å². The van der Waals surface area contributed by atoms with Gasteiger partial charge in [-0.05, 0) is 31.7 Å². The lowest BCUT2D eigenvalue weighted by Crippen LogP contribution is -2.36. The van der Waals surface area contributed by atoms with Gasteiger partial charge in [-0.3, -0.25) is 9.59 Å². The summed E-state index contributed by atoms with van der Waals surface area (Å²) >= 11 is 0. The second kappa shape index (κ2) is 8.98. The van der Waals surface area contributed by atoms with E-state index in [9.17, 15) is 9.59 Å². The van der Waals surface area contributed by atoms with Crippen LogP contribution >= 0.6 is 0 Å². The van der Waals surface area contributed by atoms with Crippen LogP contribution in [0.5, 0.6) is 0 Å². The van der Waals surface area contributed by atoms with Crippen molar-refractivity contribution in [1.29, 1.82) is 0 Å². The van der Waals surface area contributed by atoms with E-state index in [0.717, 1.165) is 12.8 Å². The molecule has 0 aliphatic heterocycles. The van der Waals surface area contributed by atoms with Crippen LogP contribution in [0.4, 0.5) is 0 Å². The molecule has 5 nitrogen and oxygen atoms in total. The smallest absolute Gasteiger partial charge is 0.305 e. The molecule has 0 saturated heterocycles. The van der Waals surface area contributed by atoms with Crippen LogP contribution in [-0.4, -0.2) is 29.6 Å². The molecule has 0 radical (unpaired) electrons. The van der Waals surface area contributed by atoms with Crippen molar-refractivity contribution < 1.29 is 14.7 Å². The fourth-order valence-corrected chi connectivity index (χ4v) is 1.61. The maximum atomic E-state index is 11.6. The summed E-state index contributed by atoms with van der Waals surface area (Å²) in [5.41, 5.74) is 5.43. The lowest BCUT2D eigenvalue weighted by atomic mass is 10.0. The van der Waals surface area contributed by atoms with Crippen molar-refractivity contribution in [2.75, 3.05) is 6.54 Å². The molecule has 0 aromatic carbocycles. The average molecular weight is 244 g/mol. The number of amides is 1. The topological polar surface area (TPSA) is 92.4 Å². The average Bonchev–Trinajstić information content (AvgIpc) is 2.25. The maximum absolute atomic E-state index is 11.6. The molecule has 1 amide bonds. The van der Waals surface area contributed by atoms with Crippen LogP contribution in [0, 0.1) is 5.92 Å². The van der Waals surface area contributed by atoms with E-state index in [2.05, 4.69) is 12.2 Å². The number of nitrogens with two attached hydrogens (primary N) is 1. The molecule has 0 spiro atoms. The molecule has 5 heteroatoms. The zero-order chi connectivity index (χ0) is 13.3. The second-order valence-electron chi connectivity index (χ2n) is 4.49.